The van der Waals surface area contributed by atoms with Crippen molar-refractivity contribution in [2.45, 2.75) is 21.3 Å². The summed E-state index contributed by atoms with van der Waals surface area (Å²) in [5.41, 5.74) is 8.10. The number of hydrogen-bond acceptors (Lipinski definition) is 8. The van der Waals surface area contributed by atoms with Crippen molar-refractivity contribution in [2.24, 2.45) is 0 Å². The van der Waals surface area contributed by atoms with Gasteiger partial charge < -0.3 is 16.4 Å². The smallest absolute Gasteiger partial charge is 0.223 e. The summed E-state index contributed by atoms with van der Waals surface area (Å²) in [7, 11) is 0. The molecule has 8 nitrogen and oxygen atoms in total. The molecule has 0 atom stereocenters. The predicted molar refractivity (Wildman–Crippen MR) is 107 cm³/mol. The molecule has 0 radical (unpaired) electrons. The van der Waals surface area contributed by atoms with E-state index in [4.69, 9.17) is 11.1 Å². The molecule has 0 aliphatic rings. The fourth-order valence-corrected chi connectivity index (χ4v) is 3.33. The SMILES string of the molecule is C.CCNc1ncnc(N)c1C(=N)c1ccc2nc(NC(C)=O)sc2c1. The number of carbonyl (C=O) groups is 1. The topological polar surface area (TPSA) is 130 Å². The lowest BCUT2D eigenvalue weighted by molar-refractivity contribution is -0.114. The van der Waals surface area contributed by atoms with Gasteiger partial charge in [0.05, 0.1) is 21.5 Å². The summed E-state index contributed by atoms with van der Waals surface area (Å²) in [6.45, 7) is 4.04. The number of amides is 1. The van der Waals surface area contributed by atoms with Crippen LogP contribution in [0.1, 0.15) is 32.4 Å². The monoisotopic (exact) mass is 371 g/mol. The van der Waals surface area contributed by atoms with Gasteiger partial charge in [0.25, 0.3) is 0 Å². The van der Waals surface area contributed by atoms with Crippen molar-refractivity contribution >= 4 is 49.9 Å². The van der Waals surface area contributed by atoms with Crippen molar-refractivity contribution in [3.05, 3.63) is 35.7 Å². The maximum Gasteiger partial charge on any atom is 0.223 e. The van der Waals surface area contributed by atoms with Crippen LogP contribution in [0.3, 0.4) is 0 Å². The van der Waals surface area contributed by atoms with Crippen molar-refractivity contribution in [1.29, 1.82) is 5.41 Å². The Morgan fingerprint density at radius 1 is 1.35 bits per heavy atom. The molecule has 3 aromatic rings. The Morgan fingerprint density at radius 2 is 2.12 bits per heavy atom. The zero-order chi connectivity index (χ0) is 18.0. The van der Waals surface area contributed by atoms with Crippen LogP contribution in [0.25, 0.3) is 10.2 Å². The van der Waals surface area contributed by atoms with Crippen LogP contribution < -0.4 is 16.4 Å². The number of fused-ring (bicyclic) bond motifs is 1. The first-order chi connectivity index (χ1) is 12.0. The van der Waals surface area contributed by atoms with Gasteiger partial charge in [-0.2, -0.15) is 0 Å². The van der Waals surface area contributed by atoms with E-state index in [2.05, 4.69) is 25.6 Å². The van der Waals surface area contributed by atoms with Gasteiger partial charge in [0, 0.05) is 19.0 Å². The number of anilines is 3. The first-order valence-electron chi connectivity index (χ1n) is 7.61. The quantitative estimate of drug-likeness (QED) is 0.510. The standard InChI is InChI=1S/C16H17N7OS.CH4/c1-3-19-15-12(14(18)20-7-21-15)13(17)9-4-5-10-11(6-9)25-16(23-10)22-8(2)24;/h4-7,17H,3H2,1-2H3,(H,22,23,24)(H3,18,19,20,21);1H4. The Balaban J connectivity index is 0.00000243. The van der Waals surface area contributed by atoms with Crippen LogP contribution in [0.2, 0.25) is 0 Å². The molecule has 0 aliphatic heterocycles. The third-order valence-electron chi connectivity index (χ3n) is 3.43. The Bertz CT molecular complexity index is 967. The molecule has 0 spiro atoms. The lowest BCUT2D eigenvalue weighted by atomic mass is 10.0. The molecule has 0 saturated carbocycles. The molecular weight excluding hydrogens is 350 g/mol. The van der Waals surface area contributed by atoms with Crippen LogP contribution in [0.5, 0.6) is 0 Å². The number of nitrogens with one attached hydrogen (secondary N) is 3. The number of thiazole rings is 1. The maximum absolute atomic E-state index is 11.2. The van der Waals surface area contributed by atoms with Crippen LogP contribution in [0, 0.1) is 5.41 Å². The maximum atomic E-state index is 11.2. The Hall–Kier alpha value is -3.07. The molecule has 136 valence electrons. The molecule has 1 amide bonds. The average molecular weight is 371 g/mol. The second kappa shape index (κ2) is 7.87. The lowest BCUT2D eigenvalue weighted by Crippen LogP contribution is -2.13. The van der Waals surface area contributed by atoms with Crippen LogP contribution >= 0.6 is 11.3 Å². The molecule has 0 saturated heterocycles. The van der Waals surface area contributed by atoms with Crippen LogP contribution in [0.4, 0.5) is 16.8 Å². The summed E-state index contributed by atoms with van der Waals surface area (Å²) in [6.07, 6.45) is 1.37. The minimum atomic E-state index is -0.170. The third-order valence-corrected chi connectivity index (χ3v) is 4.36. The fraction of sp³-hybridized carbons (Fsp3) is 0.235. The highest BCUT2D eigenvalue weighted by Crippen LogP contribution is 2.29. The number of rotatable bonds is 5. The van der Waals surface area contributed by atoms with Crippen molar-refractivity contribution in [1.82, 2.24) is 15.0 Å². The van der Waals surface area contributed by atoms with Crippen LogP contribution in [-0.4, -0.2) is 33.1 Å². The van der Waals surface area contributed by atoms with Gasteiger partial charge in [-0.15, -0.1) is 0 Å². The van der Waals surface area contributed by atoms with E-state index in [-0.39, 0.29) is 24.9 Å². The largest absolute Gasteiger partial charge is 0.383 e. The van der Waals surface area contributed by atoms with Gasteiger partial charge in [-0.3, -0.25) is 10.2 Å². The van der Waals surface area contributed by atoms with E-state index >= 15 is 0 Å². The highest BCUT2D eigenvalue weighted by Gasteiger charge is 2.17. The van der Waals surface area contributed by atoms with Crippen LogP contribution in [0.15, 0.2) is 24.5 Å². The van der Waals surface area contributed by atoms with E-state index in [1.165, 1.54) is 24.6 Å². The summed E-state index contributed by atoms with van der Waals surface area (Å²) >= 11 is 1.35. The Kier molecular flexibility index (Phi) is 5.83. The predicted octanol–water partition coefficient (Wildman–Crippen LogP) is 3.11. The molecule has 9 heteroatoms. The third kappa shape index (κ3) is 3.77. The minimum absolute atomic E-state index is 0. The fourth-order valence-electron chi connectivity index (χ4n) is 2.38. The molecule has 5 N–H and O–H groups in total. The highest BCUT2D eigenvalue weighted by atomic mass is 32.1. The summed E-state index contributed by atoms with van der Waals surface area (Å²) in [6, 6.07) is 5.46. The second-order valence-corrected chi connectivity index (χ2v) is 6.30. The molecule has 0 aliphatic carbocycles. The number of aromatic nitrogens is 3. The number of nitrogens with two attached hydrogens (primary N) is 1. The van der Waals surface area contributed by atoms with Crippen molar-refractivity contribution in [3.63, 3.8) is 0 Å². The normalized spacial score (nSPS) is 10.2. The number of carbonyl (C=O) groups excluding carboxylic acids is 1. The van der Waals surface area contributed by atoms with E-state index in [0.717, 1.165) is 10.2 Å². The molecule has 0 fully saturated rings. The zero-order valence-corrected chi connectivity index (χ0v) is 14.6. The summed E-state index contributed by atoms with van der Waals surface area (Å²) in [5.74, 6) is 0.610. The number of hydrogen-bond donors (Lipinski definition) is 4. The molecule has 1 aromatic carbocycles. The second-order valence-electron chi connectivity index (χ2n) is 5.27. The molecule has 2 heterocycles. The summed E-state index contributed by atoms with van der Waals surface area (Å²) in [4.78, 5) is 23.7. The van der Waals surface area contributed by atoms with Gasteiger partial charge >= 0.3 is 0 Å². The molecule has 0 unspecified atom stereocenters. The average Bonchev–Trinajstić information content (AvgIpc) is 2.95. The van der Waals surface area contributed by atoms with E-state index in [0.29, 0.717) is 28.6 Å². The molecule has 3 rings (SSSR count). The van der Waals surface area contributed by atoms with Gasteiger partial charge in [-0.1, -0.05) is 24.8 Å². The number of nitrogens with zero attached hydrogens (tertiary/aromatic N) is 3. The van der Waals surface area contributed by atoms with Crippen molar-refractivity contribution in [2.75, 3.05) is 22.9 Å². The minimum Gasteiger partial charge on any atom is -0.383 e. The lowest BCUT2D eigenvalue weighted by Gasteiger charge is -2.12. The van der Waals surface area contributed by atoms with Crippen LogP contribution in [-0.2, 0) is 4.79 Å². The number of benzene rings is 1. The summed E-state index contributed by atoms with van der Waals surface area (Å²) in [5, 5.41) is 14.8. The van der Waals surface area contributed by atoms with Gasteiger partial charge in [-0.05, 0) is 19.1 Å². The van der Waals surface area contributed by atoms with E-state index in [1.54, 1.807) is 6.07 Å². The first kappa shape index (κ1) is 19.3. The van der Waals surface area contributed by atoms with Gasteiger partial charge in [0.2, 0.25) is 5.91 Å². The van der Waals surface area contributed by atoms with Gasteiger partial charge in [-0.25, -0.2) is 15.0 Å². The highest BCUT2D eigenvalue weighted by molar-refractivity contribution is 7.22. The van der Waals surface area contributed by atoms with Crippen molar-refractivity contribution < 1.29 is 4.79 Å². The number of nitrogen functional groups attached to an aromatic ring is 1. The van der Waals surface area contributed by atoms with Gasteiger partial charge in [0.15, 0.2) is 5.13 Å². The summed E-state index contributed by atoms with van der Waals surface area (Å²) < 4.78 is 0.867. The zero-order valence-electron chi connectivity index (χ0n) is 13.8. The molecule has 0 bridgehead atoms. The van der Waals surface area contributed by atoms with E-state index < -0.39 is 0 Å². The Morgan fingerprint density at radius 3 is 2.81 bits per heavy atom. The Labute approximate surface area is 155 Å². The first-order valence-corrected chi connectivity index (χ1v) is 8.43. The van der Waals surface area contributed by atoms with E-state index in [1.807, 2.05) is 19.1 Å². The van der Waals surface area contributed by atoms with Crippen molar-refractivity contribution in [3.8, 4) is 0 Å². The molecule has 26 heavy (non-hydrogen) atoms. The molecule has 2 aromatic heterocycles. The molecular formula is C17H21N7OS. The van der Waals surface area contributed by atoms with E-state index in [9.17, 15) is 4.79 Å². The van der Waals surface area contributed by atoms with Gasteiger partial charge in [0.1, 0.15) is 18.0 Å².